The first-order chi connectivity index (χ1) is 11.5. The second-order valence-corrected chi connectivity index (χ2v) is 6.04. The molecule has 24 heavy (non-hydrogen) atoms. The number of aromatic nitrogens is 2. The molecule has 0 saturated carbocycles. The van der Waals surface area contributed by atoms with Crippen LogP contribution in [0.3, 0.4) is 0 Å². The number of quaternary nitrogens is 1. The number of hydrogen-bond acceptors (Lipinski definition) is 6. The summed E-state index contributed by atoms with van der Waals surface area (Å²) in [7, 11) is 0. The van der Waals surface area contributed by atoms with Crippen LogP contribution in [0.2, 0.25) is 0 Å². The first kappa shape index (κ1) is 18.4. The zero-order valence-corrected chi connectivity index (χ0v) is 14.1. The van der Waals surface area contributed by atoms with E-state index in [9.17, 15) is 9.59 Å². The minimum atomic E-state index is -0.471. The topological polar surface area (TPSA) is 122 Å². The lowest BCUT2D eigenvalue weighted by Gasteiger charge is -2.15. The van der Waals surface area contributed by atoms with Crippen molar-refractivity contribution >= 4 is 11.8 Å². The number of carbonyl (C=O) groups is 1. The van der Waals surface area contributed by atoms with E-state index < -0.39 is 11.9 Å². The number of ether oxygens (including phenoxy) is 1. The molecule has 9 nitrogen and oxygen atoms in total. The lowest BCUT2D eigenvalue weighted by Crippen LogP contribution is -2.92. The minimum absolute atomic E-state index is 0.0580. The van der Waals surface area contributed by atoms with E-state index in [1.807, 2.05) is 0 Å². The number of aliphatic hydroxyl groups excluding tert-OH is 1. The van der Waals surface area contributed by atoms with E-state index in [1.165, 1.54) is 4.57 Å². The number of primary amides is 1. The zero-order valence-electron chi connectivity index (χ0n) is 14.1. The van der Waals surface area contributed by atoms with E-state index >= 15 is 0 Å². The molecule has 1 aliphatic heterocycles. The van der Waals surface area contributed by atoms with Crippen LogP contribution in [0, 0.1) is 5.92 Å². The second kappa shape index (κ2) is 8.76. The fraction of sp³-hybridized carbons (Fsp3) is 0.667. The third-order valence-corrected chi connectivity index (χ3v) is 4.15. The number of aliphatic hydroxyl groups is 1. The summed E-state index contributed by atoms with van der Waals surface area (Å²) in [6.45, 7) is 4.79. The Hall–Kier alpha value is -1.97. The van der Waals surface area contributed by atoms with Crippen molar-refractivity contribution in [2.45, 2.75) is 45.4 Å². The molecule has 0 aromatic carbocycles. The minimum Gasteiger partial charge on any atom is -0.394 e. The van der Waals surface area contributed by atoms with Gasteiger partial charge < -0.3 is 9.84 Å². The number of urea groups is 1. The molecule has 134 valence electrons. The van der Waals surface area contributed by atoms with Crippen LogP contribution in [-0.4, -0.2) is 39.9 Å². The smallest absolute Gasteiger partial charge is 0.394 e. The first-order valence-electron chi connectivity index (χ1n) is 8.28. The molecule has 2 heterocycles. The van der Waals surface area contributed by atoms with Gasteiger partial charge in [-0.2, -0.15) is 4.98 Å². The van der Waals surface area contributed by atoms with Gasteiger partial charge in [-0.15, -0.1) is 0 Å². The van der Waals surface area contributed by atoms with E-state index in [4.69, 9.17) is 9.84 Å². The number of nitrogens with zero attached hydrogens (tertiary/aromatic N) is 2. The van der Waals surface area contributed by atoms with E-state index in [0.717, 1.165) is 6.42 Å². The number of nitrogens with one attached hydrogen (secondary N) is 2. The normalized spacial score (nSPS) is 21.5. The number of hydrazine groups is 1. The van der Waals surface area contributed by atoms with Crippen LogP contribution in [0.25, 0.3) is 0 Å². The predicted octanol–water partition coefficient (Wildman–Crippen LogP) is -0.441. The molecule has 0 radical (unpaired) electrons. The van der Waals surface area contributed by atoms with Gasteiger partial charge in [0.1, 0.15) is 6.23 Å². The molecule has 1 aromatic rings. The number of anilines is 1. The molecular formula is C15H26N5O4+. The van der Waals surface area contributed by atoms with Crippen molar-refractivity contribution in [3.63, 3.8) is 0 Å². The van der Waals surface area contributed by atoms with Crippen molar-refractivity contribution in [2.24, 2.45) is 5.92 Å². The van der Waals surface area contributed by atoms with Crippen LogP contribution in [0.1, 0.15) is 39.3 Å². The molecular weight excluding hydrogens is 314 g/mol. The van der Waals surface area contributed by atoms with Gasteiger partial charge in [-0.25, -0.2) is 15.0 Å². The summed E-state index contributed by atoms with van der Waals surface area (Å²) in [5.74, 6) is 0.713. The Balaban J connectivity index is 1.86. The Labute approximate surface area is 140 Å². The maximum atomic E-state index is 12.1. The molecule has 3 atom stereocenters. The van der Waals surface area contributed by atoms with Crippen LogP contribution in [-0.2, 0) is 4.74 Å². The number of carbonyl (C=O) groups excluding carboxylic acids is 1. The number of hydrogen-bond donors (Lipinski definition) is 4. The van der Waals surface area contributed by atoms with Gasteiger partial charge in [0.25, 0.3) is 0 Å². The van der Waals surface area contributed by atoms with Crippen molar-refractivity contribution in [3.05, 3.63) is 22.7 Å². The molecule has 0 aliphatic carbocycles. The molecule has 2 amide bonds. The highest BCUT2D eigenvalue weighted by Crippen LogP contribution is 2.26. The molecule has 5 N–H and O–H groups in total. The molecule has 9 heteroatoms. The monoisotopic (exact) mass is 340 g/mol. The fourth-order valence-electron chi connectivity index (χ4n) is 2.38. The Kier molecular flexibility index (Phi) is 6.71. The average Bonchev–Trinajstić information content (AvgIpc) is 3.06. The Morgan fingerprint density at radius 3 is 3.00 bits per heavy atom. The van der Waals surface area contributed by atoms with Gasteiger partial charge in [0, 0.05) is 12.1 Å². The van der Waals surface area contributed by atoms with Crippen molar-refractivity contribution < 1.29 is 20.0 Å². The fourth-order valence-corrected chi connectivity index (χ4v) is 2.38. The van der Waals surface area contributed by atoms with Crippen LogP contribution in [0.4, 0.5) is 10.6 Å². The lowest BCUT2D eigenvalue weighted by molar-refractivity contribution is -0.562. The molecule has 0 spiro atoms. The van der Waals surface area contributed by atoms with E-state index in [-0.39, 0.29) is 24.6 Å². The lowest BCUT2D eigenvalue weighted by atomic mass is 10.1. The van der Waals surface area contributed by atoms with Crippen LogP contribution < -0.4 is 21.9 Å². The maximum Gasteiger partial charge on any atom is 0.431 e. The molecule has 1 saturated heterocycles. The summed E-state index contributed by atoms with van der Waals surface area (Å²) in [5, 5.41) is 10.7. The van der Waals surface area contributed by atoms with Crippen LogP contribution in [0.15, 0.2) is 17.1 Å². The molecule has 1 fully saturated rings. The van der Waals surface area contributed by atoms with E-state index in [2.05, 4.69) is 29.7 Å². The highest BCUT2D eigenvalue weighted by molar-refractivity contribution is 5.64. The van der Waals surface area contributed by atoms with Crippen LogP contribution in [0.5, 0.6) is 0 Å². The molecule has 1 aromatic heterocycles. The summed E-state index contributed by atoms with van der Waals surface area (Å²) < 4.78 is 6.94. The largest absolute Gasteiger partial charge is 0.431 e. The summed E-state index contributed by atoms with van der Waals surface area (Å²) in [6, 6.07) is 1.33. The van der Waals surface area contributed by atoms with Gasteiger partial charge in [-0.05, 0) is 25.3 Å². The Morgan fingerprint density at radius 2 is 2.38 bits per heavy atom. The summed E-state index contributed by atoms with van der Waals surface area (Å²) in [4.78, 5) is 27.6. The number of amides is 2. The SMILES string of the molecule is CCC(C)C[NH2+]C(=O)NNc1ccn(C2CCC(CO)O2)c(=O)n1. The highest BCUT2D eigenvalue weighted by atomic mass is 16.5. The second-order valence-electron chi connectivity index (χ2n) is 6.04. The van der Waals surface area contributed by atoms with Gasteiger partial charge in [0.2, 0.25) is 0 Å². The van der Waals surface area contributed by atoms with E-state index in [1.54, 1.807) is 17.6 Å². The molecule has 2 rings (SSSR count). The van der Waals surface area contributed by atoms with Gasteiger partial charge in [0.05, 0.1) is 19.3 Å². The predicted molar refractivity (Wildman–Crippen MR) is 87.1 cm³/mol. The molecule has 1 aliphatic rings. The molecule has 3 unspecified atom stereocenters. The third kappa shape index (κ3) is 5.02. The van der Waals surface area contributed by atoms with Crippen molar-refractivity contribution in [1.29, 1.82) is 0 Å². The number of rotatable bonds is 7. The maximum absolute atomic E-state index is 12.1. The van der Waals surface area contributed by atoms with Crippen molar-refractivity contribution in [2.75, 3.05) is 18.6 Å². The average molecular weight is 340 g/mol. The summed E-state index contributed by atoms with van der Waals surface area (Å²) >= 11 is 0. The van der Waals surface area contributed by atoms with Gasteiger partial charge >= 0.3 is 11.7 Å². The quantitative estimate of drug-likeness (QED) is 0.499. The highest BCUT2D eigenvalue weighted by Gasteiger charge is 2.26. The Bertz CT molecular complexity index is 606. The first-order valence-corrected chi connectivity index (χ1v) is 8.28. The molecule has 0 bridgehead atoms. The summed E-state index contributed by atoms with van der Waals surface area (Å²) in [5.41, 5.74) is 4.65. The third-order valence-electron chi connectivity index (χ3n) is 4.15. The Morgan fingerprint density at radius 1 is 1.58 bits per heavy atom. The van der Waals surface area contributed by atoms with Gasteiger partial charge in [-0.1, -0.05) is 13.8 Å². The van der Waals surface area contributed by atoms with Gasteiger partial charge in [0.15, 0.2) is 5.82 Å². The van der Waals surface area contributed by atoms with Crippen LogP contribution >= 0.6 is 0 Å². The van der Waals surface area contributed by atoms with Crippen molar-refractivity contribution in [1.82, 2.24) is 15.0 Å². The zero-order chi connectivity index (χ0) is 17.5. The van der Waals surface area contributed by atoms with Gasteiger partial charge in [-0.3, -0.25) is 15.3 Å². The summed E-state index contributed by atoms with van der Waals surface area (Å²) in [6.07, 6.45) is 3.29. The number of nitrogens with two attached hydrogens (primary N) is 1. The van der Waals surface area contributed by atoms with Crippen molar-refractivity contribution in [3.8, 4) is 0 Å². The standard InChI is InChI=1S/C15H25N5O4/c1-3-10(2)8-16-14(22)19-18-12-6-7-20(15(23)17-12)13-5-4-11(9-21)24-13/h6-7,10-11,13,21H,3-5,8-9H2,1-2H3,(H2,16,19,22)(H,17,18,23)/p+1. The van der Waals surface area contributed by atoms with E-state index in [0.29, 0.717) is 25.3 Å².